The monoisotopic (exact) mass is 283 g/mol. The molecule has 4 heteroatoms. The Morgan fingerprint density at radius 2 is 1.53 bits per heavy atom. The molecule has 0 aliphatic rings. The first-order valence-electron chi connectivity index (χ1n) is 6.77. The molecule has 0 aliphatic heterocycles. The molecule has 0 aliphatic carbocycles. The summed E-state index contributed by atoms with van der Waals surface area (Å²) in [4.78, 5) is 0.489. The number of hydrogen-bond donors (Lipinski definition) is 0. The van der Waals surface area contributed by atoms with Gasteiger partial charge >= 0.3 is 0 Å². The van der Waals surface area contributed by atoms with Crippen molar-refractivity contribution < 1.29 is 8.42 Å². The zero-order valence-corrected chi connectivity index (χ0v) is 13.7. The number of hydrogen-bond acceptors (Lipinski definition) is 2. The van der Waals surface area contributed by atoms with Crippen LogP contribution in [0.2, 0.25) is 0 Å². The minimum atomic E-state index is -3.38. The van der Waals surface area contributed by atoms with Crippen molar-refractivity contribution in [2.45, 2.75) is 52.4 Å². The molecular formula is C15H25NO2S. The summed E-state index contributed by atoms with van der Waals surface area (Å²) in [7, 11) is -1.72. The SMILES string of the molecule is CCCCN(C)S(=O)(=O)c1c(C)c(C)cc(C)c1C. The number of unbranched alkanes of at least 4 members (excludes halogenated alkanes) is 1. The zero-order valence-electron chi connectivity index (χ0n) is 12.9. The number of aryl methyl sites for hydroxylation is 2. The zero-order chi connectivity index (χ0) is 14.8. The van der Waals surface area contributed by atoms with Gasteiger partial charge in [-0.1, -0.05) is 19.4 Å². The summed E-state index contributed by atoms with van der Waals surface area (Å²) in [5.74, 6) is 0. The highest BCUT2D eigenvalue weighted by molar-refractivity contribution is 7.89. The van der Waals surface area contributed by atoms with E-state index in [1.807, 2.05) is 27.7 Å². The van der Waals surface area contributed by atoms with Crippen LogP contribution in [0.5, 0.6) is 0 Å². The third-order valence-electron chi connectivity index (χ3n) is 3.79. The Balaban J connectivity index is 3.37. The fourth-order valence-electron chi connectivity index (χ4n) is 2.22. The molecule has 108 valence electrons. The smallest absolute Gasteiger partial charge is 0.207 e. The van der Waals surface area contributed by atoms with E-state index in [-0.39, 0.29) is 0 Å². The molecule has 1 rings (SSSR count). The quantitative estimate of drug-likeness (QED) is 0.831. The van der Waals surface area contributed by atoms with Gasteiger partial charge in [-0.05, 0) is 56.4 Å². The van der Waals surface area contributed by atoms with Crippen LogP contribution in [0.25, 0.3) is 0 Å². The average molecular weight is 283 g/mol. The predicted octanol–water partition coefficient (Wildman–Crippen LogP) is 3.34. The summed E-state index contributed by atoms with van der Waals surface area (Å²) >= 11 is 0. The third-order valence-corrected chi connectivity index (χ3v) is 5.92. The molecule has 0 fully saturated rings. The van der Waals surface area contributed by atoms with Gasteiger partial charge in [-0.3, -0.25) is 0 Å². The van der Waals surface area contributed by atoms with E-state index in [2.05, 4.69) is 13.0 Å². The van der Waals surface area contributed by atoms with Gasteiger partial charge in [0.25, 0.3) is 0 Å². The van der Waals surface area contributed by atoms with E-state index >= 15 is 0 Å². The normalized spacial score (nSPS) is 12.2. The lowest BCUT2D eigenvalue weighted by atomic mass is 10.0. The molecule has 0 saturated heterocycles. The highest BCUT2D eigenvalue weighted by Gasteiger charge is 2.25. The minimum Gasteiger partial charge on any atom is -0.207 e. The summed E-state index contributed by atoms with van der Waals surface area (Å²) in [6.45, 7) is 10.3. The molecule has 0 bridgehead atoms. The van der Waals surface area contributed by atoms with Gasteiger partial charge in [-0.15, -0.1) is 0 Å². The second-order valence-corrected chi connectivity index (χ2v) is 7.25. The molecule has 0 atom stereocenters. The van der Waals surface area contributed by atoms with Crippen molar-refractivity contribution in [1.29, 1.82) is 0 Å². The Hall–Kier alpha value is -0.870. The fraction of sp³-hybridized carbons (Fsp3) is 0.600. The molecule has 0 N–H and O–H groups in total. The van der Waals surface area contributed by atoms with Crippen molar-refractivity contribution in [3.63, 3.8) is 0 Å². The van der Waals surface area contributed by atoms with Crippen molar-refractivity contribution in [3.8, 4) is 0 Å². The maximum Gasteiger partial charge on any atom is 0.243 e. The molecule has 0 saturated carbocycles. The lowest BCUT2D eigenvalue weighted by molar-refractivity contribution is 0.458. The topological polar surface area (TPSA) is 37.4 Å². The van der Waals surface area contributed by atoms with E-state index in [4.69, 9.17) is 0 Å². The second kappa shape index (κ2) is 6.06. The van der Waals surface area contributed by atoms with Gasteiger partial charge in [0, 0.05) is 13.6 Å². The van der Waals surface area contributed by atoms with E-state index in [9.17, 15) is 8.42 Å². The van der Waals surface area contributed by atoms with Crippen LogP contribution < -0.4 is 0 Å². The van der Waals surface area contributed by atoms with Crippen molar-refractivity contribution in [2.24, 2.45) is 0 Å². The van der Waals surface area contributed by atoms with Crippen molar-refractivity contribution in [1.82, 2.24) is 4.31 Å². The first kappa shape index (κ1) is 16.2. The fourth-order valence-corrected chi connectivity index (χ4v) is 4.00. The average Bonchev–Trinajstić information content (AvgIpc) is 2.33. The van der Waals surface area contributed by atoms with E-state index in [0.29, 0.717) is 11.4 Å². The third kappa shape index (κ3) is 3.18. The molecule has 1 aromatic carbocycles. The minimum absolute atomic E-state index is 0.489. The van der Waals surface area contributed by atoms with Crippen LogP contribution in [0.3, 0.4) is 0 Å². The van der Waals surface area contributed by atoms with Crippen LogP contribution in [0, 0.1) is 27.7 Å². The first-order valence-corrected chi connectivity index (χ1v) is 8.21. The summed E-state index contributed by atoms with van der Waals surface area (Å²) in [5.41, 5.74) is 3.80. The van der Waals surface area contributed by atoms with Crippen LogP contribution in [0.1, 0.15) is 42.0 Å². The Morgan fingerprint density at radius 1 is 1.05 bits per heavy atom. The molecule has 0 aromatic heterocycles. The number of benzene rings is 1. The largest absolute Gasteiger partial charge is 0.243 e. The first-order chi connectivity index (χ1) is 8.73. The molecule has 0 spiro atoms. The van der Waals surface area contributed by atoms with Crippen LogP contribution in [0.4, 0.5) is 0 Å². The Kier molecular flexibility index (Phi) is 5.16. The molecule has 0 heterocycles. The van der Waals surface area contributed by atoms with Crippen molar-refractivity contribution >= 4 is 10.0 Å². The van der Waals surface area contributed by atoms with E-state index < -0.39 is 10.0 Å². The lowest BCUT2D eigenvalue weighted by Gasteiger charge is -2.21. The summed E-state index contributed by atoms with van der Waals surface area (Å²) < 4.78 is 26.9. The highest BCUT2D eigenvalue weighted by atomic mass is 32.2. The number of sulfonamides is 1. The Morgan fingerprint density at radius 3 is 1.95 bits per heavy atom. The second-order valence-electron chi connectivity index (χ2n) is 5.27. The highest BCUT2D eigenvalue weighted by Crippen LogP contribution is 2.28. The Labute approximate surface area is 117 Å². The van der Waals surface area contributed by atoms with Gasteiger partial charge in [-0.25, -0.2) is 12.7 Å². The van der Waals surface area contributed by atoms with Gasteiger partial charge in [0.15, 0.2) is 0 Å². The summed E-state index contributed by atoms with van der Waals surface area (Å²) in [5, 5.41) is 0. The molecule has 1 aromatic rings. The predicted molar refractivity (Wildman–Crippen MR) is 80.1 cm³/mol. The molecule has 0 unspecified atom stereocenters. The maximum absolute atomic E-state index is 12.7. The lowest BCUT2D eigenvalue weighted by Crippen LogP contribution is -2.29. The Bertz CT molecular complexity index is 536. The summed E-state index contributed by atoms with van der Waals surface area (Å²) in [6.07, 6.45) is 1.88. The van der Waals surface area contributed by atoms with Crippen LogP contribution in [-0.2, 0) is 10.0 Å². The van der Waals surface area contributed by atoms with Gasteiger partial charge in [0.05, 0.1) is 4.90 Å². The summed E-state index contributed by atoms with van der Waals surface area (Å²) in [6, 6.07) is 2.05. The van der Waals surface area contributed by atoms with Gasteiger partial charge in [-0.2, -0.15) is 0 Å². The van der Waals surface area contributed by atoms with Gasteiger partial charge in [0.1, 0.15) is 0 Å². The van der Waals surface area contributed by atoms with Gasteiger partial charge in [0.2, 0.25) is 10.0 Å². The van der Waals surface area contributed by atoms with Crippen LogP contribution >= 0.6 is 0 Å². The van der Waals surface area contributed by atoms with E-state index in [1.165, 1.54) is 4.31 Å². The van der Waals surface area contributed by atoms with E-state index in [1.54, 1.807) is 7.05 Å². The number of rotatable bonds is 5. The molecule has 3 nitrogen and oxygen atoms in total. The van der Waals surface area contributed by atoms with Gasteiger partial charge < -0.3 is 0 Å². The van der Waals surface area contributed by atoms with Crippen molar-refractivity contribution in [3.05, 3.63) is 28.3 Å². The standard InChI is InChI=1S/C15H25NO2S/c1-7-8-9-16(6)19(17,18)15-13(4)11(2)10-12(3)14(15)5/h10H,7-9H2,1-6H3. The van der Waals surface area contributed by atoms with Crippen LogP contribution in [-0.4, -0.2) is 26.3 Å². The molecule has 0 radical (unpaired) electrons. The number of nitrogens with zero attached hydrogens (tertiary/aromatic N) is 1. The van der Waals surface area contributed by atoms with Crippen molar-refractivity contribution in [2.75, 3.05) is 13.6 Å². The molecule has 19 heavy (non-hydrogen) atoms. The maximum atomic E-state index is 12.7. The van der Waals surface area contributed by atoms with E-state index in [0.717, 1.165) is 35.1 Å². The van der Waals surface area contributed by atoms with Crippen LogP contribution in [0.15, 0.2) is 11.0 Å². The molecular weight excluding hydrogens is 258 g/mol. The molecule has 0 amide bonds.